The Morgan fingerprint density at radius 2 is 1.80 bits per heavy atom. The number of nitrogens with two attached hydrogens (primary N) is 1. The molecule has 3 aromatic rings. The van der Waals surface area contributed by atoms with Crippen LogP contribution in [0.3, 0.4) is 0 Å². The van der Waals surface area contributed by atoms with Gasteiger partial charge in [0.1, 0.15) is 10.5 Å². The van der Waals surface area contributed by atoms with E-state index >= 15 is 0 Å². The first-order chi connectivity index (χ1) is 14.6. The van der Waals surface area contributed by atoms with E-state index in [0.29, 0.717) is 9.20 Å². The summed E-state index contributed by atoms with van der Waals surface area (Å²) in [6, 6.07) is 20.6. The van der Waals surface area contributed by atoms with E-state index in [9.17, 15) is 14.9 Å². The van der Waals surface area contributed by atoms with Gasteiger partial charge in [0.25, 0.3) is 5.56 Å². The minimum atomic E-state index is -0.716. The van der Waals surface area contributed by atoms with Gasteiger partial charge in [-0.3, -0.25) is 9.36 Å². The Kier molecular flexibility index (Phi) is 5.09. The van der Waals surface area contributed by atoms with Crippen LogP contribution in [0.15, 0.2) is 71.0 Å². The smallest absolute Gasteiger partial charge is 0.337 e. The molecule has 30 heavy (non-hydrogen) atoms. The summed E-state index contributed by atoms with van der Waals surface area (Å²) in [7, 11) is 1.28. The SMILES string of the molecule is COC(=O)C1=c2s/c(=C\c3ccccc3)c(=O)n2C(N)=C(C#N)[C@H]1c1ccccc1. The number of rotatable bonds is 3. The number of aromatic nitrogens is 1. The number of hydrogen-bond acceptors (Lipinski definition) is 6. The number of carbonyl (C=O) groups is 1. The predicted molar refractivity (Wildman–Crippen MR) is 115 cm³/mol. The number of nitriles is 1. The average Bonchev–Trinajstić information content (AvgIpc) is 3.10. The van der Waals surface area contributed by atoms with E-state index in [-0.39, 0.29) is 22.5 Å². The molecule has 0 saturated carbocycles. The quantitative estimate of drug-likeness (QED) is 0.654. The fourth-order valence-electron chi connectivity index (χ4n) is 3.53. The van der Waals surface area contributed by atoms with Crippen LogP contribution in [0.1, 0.15) is 17.0 Å². The number of nitrogens with zero attached hydrogens (tertiary/aromatic N) is 2. The lowest BCUT2D eigenvalue weighted by Crippen LogP contribution is -2.40. The molecule has 0 unspecified atom stereocenters. The Balaban J connectivity index is 2.12. The van der Waals surface area contributed by atoms with E-state index in [2.05, 4.69) is 6.07 Å². The first-order valence-corrected chi connectivity index (χ1v) is 9.94. The summed E-state index contributed by atoms with van der Waals surface area (Å²) in [4.78, 5) is 26.0. The molecule has 1 aliphatic rings. The molecule has 4 rings (SSSR count). The van der Waals surface area contributed by atoms with E-state index in [1.165, 1.54) is 11.7 Å². The second kappa shape index (κ2) is 7.85. The van der Waals surface area contributed by atoms with Gasteiger partial charge in [-0.15, -0.1) is 11.3 Å². The Morgan fingerprint density at radius 1 is 1.17 bits per heavy atom. The van der Waals surface area contributed by atoms with Crippen LogP contribution < -0.4 is 20.5 Å². The van der Waals surface area contributed by atoms with E-state index in [0.717, 1.165) is 22.5 Å². The second-order valence-electron chi connectivity index (χ2n) is 6.63. The second-order valence-corrected chi connectivity index (χ2v) is 7.66. The van der Waals surface area contributed by atoms with Gasteiger partial charge >= 0.3 is 5.97 Å². The van der Waals surface area contributed by atoms with Gasteiger partial charge in [0.15, 0.2) is 0 Å². The number of esters is 1. The van der Waals surface area contributed by atoms with Gasteiger partial charge < -0.3 is 10.5 Å². The van der Waals surface area contributed by atoms with Crippen LogP contribution in [0.4, 0.5) is 0 Å². The molecule has 2 heterocycles. The Hall–Kier alpha value is -3.89. The first kappa shape index (κ1) is 19.4. The molecular weight excluding hydrogens is 398 g/mol. The molecule has 1 aromatic heterocycles. The van der Waals surface area contributed by atoms with Crippen molar-refractivity contribution in [2.24, 2.45) is 5.73 Å². The summed E-state index contributed by atoms with van der Waals surface area (Å²) < 4.78 is 7.05. The van der Waals surface area contributed by atoms with Crippen LogP contribution in [-0.4, -0.2) is 17.6 Å². The van der Waals surface area contributed by atoms with Gasteiger partial charge in [0.2, 0.25) is 0 Å². The molecule has 0 saturated heterocycles. The zero-order valence-corrected chi connectivity index (χ0v) is 16.8. The fraction of sp³-hybridized carbons (Fsp3) is 0.0870. The molecule has 1 aliphatic heterocycles. The van der Waals surface area contributed by atoms with E-state index in [4.69, 9.17) is 10.5 Å². The van der Waals surface area contributed by atoms with Gasteiger partial charge in [0, 0.05) is 0 Å². The van der Waals surface area contributed by atoms with Crippen LogP contribution in [0.2, 0.25) is 0 Å². The highest BCUT2D eigenvalue weighted by Gasteiger charge is 2.35. The molecule has 6 nitrogen and oxygen atoms in total. The maximum Gasteiger partial charge on any atom is 0.337 e. The van der Waals surface area contributed by atoms with Crippen molar-refractivity contribution in [1.29, 1.82) is 5.26 Å². The van der Waals surface area contributed by atoms with Crippen LogP contribution in [0.5, 0.6) is 0 Å². The maximum atomic E-state index is 13.1. The molecule has 2 aromatic carbocycles. The first-order valence-electron chi connectivity index (χ1n) is 9.13. The number of carbonyl (C=O) groups excluding carboxylic acids is 1. The van der Waals surface area contributed by atoms with E-state index in [1.807, 2.05) is 60.7 Å². The number of fused-ring (bicyclic) bond motifs is 1. The highest BCUT2D eigenvalue weighted by molar-refractivity contribution is 7.07. The molecule has 0 aliphatic carbocycles. The lowest BCUT2D eigenvalue weighted by atomic mass is 9.84. The van der Waals surface area contributed by atoms with Crippen molar-refractivity contribution >= 4 is 34.8 Å². The highest BCUT2D eigenvalue weighted by Crippen LogP contribution is 2.36. The normalized spacial score (nSPS) is 16.2. The molecule has 1 atom stereocenters. The van der Waals surface area contributed by atoms with Crippen molar-refractivity contribution in [1.82, 2.24) is 4.57 Å². The summed E-state index contributed by atoms with van der Waals surface area (Å²) in [5, 5.41) is 9.85. The van der Waals surface area contributed by atoms with Crippen LogP contribution in [0, 0.1) is 11.3 Å². The van der Waals surface area contributed by atoms with Crippen molar-refractivity contribution in [3.05, 3.63) is 96.9 Å². The van der Waals surface area contributed by atoms with Gasteiger partial charge in [-0.1, -0.05) is 60.7 Å². The lowest BCUT2D eigenvalue weighted by Gasteiger charge is -2.24. The van der Waals surface area contributed by atoms with Crippen molar-refractivity contribution in [3.8, 4) is 6.07 Å². The molecule has 0 spiro atoms. The standard InChI is InChI=1S/C23H17N3O3S/c1-29-23(28)19-18(15-10-6-3-7-11-15)16(13-24)20(25)26-21(27)17(30-22(19)26)12-14-8-4-2-5-9-14/h2-12,18H,25H2,1H3/b17-12-/t18-/m1/s1. The highest BCUT2D eigenvalue weighted by atomic mass is 32.1. The van der Waals surface area contributed by atoms with Crippen molar-refractivity contribution in [2.45, 2.75) is 5.92 Å². The van der Waals surface area contributed by atoms with Crippen LogP contribution in [0.25, 0.3) is 17.5 Å². The maximum absolute atomic E-state index is 13.1. The van der Waals surface area contributed by atoms with E-state index in [1.54, 1.807) is 6.08 Å². The largest absolute Gasteiger partial charge is 0.466 e. The lowest BCUT2D eigenvalue weighted by molar-refractivity contribution is -0.134. The zero-order valence-electron chi connectivity index (χ0n) is 16.0. The molecular formula is C23H17N3O3S. The molecule has 0 amide bonds. The number of methoxy groups -OCH3 is 1. The third-order valence-electron chi connectivity index (χ3n) is 4.90. The number of thiazole rings is 1. The van der Waals surface area contributed by atoms with Gasteiger partial charge in [-0.2, -0.15) is 5.26 Å². The summed E-state index contributed by atoms with van der Waals surface area (Å²) in [5.74, 6) is -1.29. The van der Waals surface area contributed by atoms with Crippen molar-refractivity contribution < 1.29 is 9.53 Å². The Bertz CT molecular complexity index is 1380. The van der Waals surface area contributed by atoms with Gasteiger partial charge in [-0.25, -0.2) is 4.79 Å². The number of benzene rings is 2. The van der Waals surface area contributed by atoms with Crippen molar-refractivity contribution in [2.75, 3.05) is 7.11 Å². The number of allylic oxidation sites excluding steroid dienone is 1. The molecule has 0 radical (unpaired) electrons. The fourth-order valence-corrected chi connectivity index (χ4v) is 4.70. The third kappa shape index (κ3) is 3.13. The number of ether oxygens (including phenoxy) is 1. The summed E-state index contributed by atoms with van der Waals surface area (Å²) in [5.41, 5.74) is 7.84. The Labute approximate surface area is 176 Å². The predicted octanol–water partition coefficient (Wildman–Crippen LogP) is 1.51. The van der Waals surface area contributed by atoms with Gasteiger partial charge in [-0.05, 0) is 17.2 Å². The van der Waals surface area contributed by atoms with Crippen LogP contribution in [-0.2, 0) is 9.53 Å². The Morgan fingerprint density at radius 3 is 2.40 bits per heavy atom. The third-order valence-corrected chi connectivity index (χ3v) is 6.01. The zero-order chi connectivity index (χ0) is 21.3. The van der Waals surface area contributed by atoms with Crippen molar-refractivity contribution in [3.63, 3.8) is 0 Å². The summed E-state index contributed by atoms with van der Waals surface area (Å²) in [6.07, 6.45) is 1.74. The summed E-state index contributed by atoms with van der Waals surface area (Å²) >= 11 is 1.16. The molecule has 2 N–H and O–H groups in total. The topological polar surface area (TPSA) is 98.1 Å². The summed E-state index contributed by atoms with van der Waals surface area (Å²) in [6.45, 7) is 0. The molecule has 0 bridgehead atoms. The average molecular weight is 415 g/mol. The van der Waals surface area contributed by atoms with E-state index < -0.39 is 11.9 Å². The monoisotopic (exact) mass is 415 g/mol. The minimum absolute atomic E-state index is 0.0305. The number of hydrogen-bond donors (Lipinski definition) is 1. The molecule has 148 valence electrons. The van der Waals surface area contributed by atoms with Crippen LogP contribution >= 0.6 is 11.3 Å². The minimum Gasteiger partial charge on any atom is -0.466 e. The molecule has 7 heteroatoms. The van der Waals surface area contributed by atoms with Gasteiger partial charge in [0.05, 0.1) is 34.8 Å². The molecule has 0 fully saturated rings.